The van der Waals surface area contributed by atoms with E-state index in [0.29, 0.717) is 6.61 Å². The summed E-state index contributed by atoms with van der Waals surface area (Å²) in [5.74, 6) is 1.05. The molecular weight excluding hydrogens is 202 g/mol. The van der Waals surface area contributed by atoms with E-state index < -0.39 is 0 Å². The van der Waals surface area contributed by atoms with Gasteiger partial charge in [-0.15, -0.1) is 0 Å². The van der Waals surface area contributed by atoms with E-state index in [1.165, 1.54) is 0 Å². The number of Topliss-reactive ketones (excluding diaryl/α,β-unsaturated/α-hetero) is 1. The molecule has 86 valence electrons. The highest BCUT2D eigenvalue weighted by Crippen LogP contribution is 2.23. The molecule has 0 amide bonds. The highest BCUT2D eigenvalue weighted by molar-refractivity contribution is 6.01. The third-order valence-electron chi connectivity index (χ3n) is 2.77. The summed E-state index contributed by atoms with van der Waals surface area (Å²) in [5.41, 5.74) is 0.724. The molecular formula is C13H17NO2. The number of carbonyl (C=O) groups excluding carboxylic acids is 1. The van der Waals surface area contributed by atoms with E-state index in [9.17, 15) is 4.79 Å². The fraction of sp³-hybridized carbons (Fsp3) is 0.462. The Balaban J connectivity index is 2.14. The van der Waals surface area contributed by atoms with Crippen LogP contribution in [0.1, 0.15) is 23.7 Å². The van der Waals surface area contributed by atoms with Gasteiger partial charge in [0.15, 0.2) is 5.78 Å². The molecule has 0 spiro atoms. The molecule has 0 aliphatic carbocycles. The molecule has 0 unspecified atom stereocenters. The predicted molar refractivity (Wildman–Crippen MR) is 62.9 cm³/mol. The lowest BCUT2D eigenvalue weighted by molar-refractivity contribution is 0.0874. The summed E-state index contributed by atoms with van der Waals surface area (Å²) in [6, 6.07) is 7.51. The minimum atomic E-state index is 0.131. The Morgan fingerprint density at radius 1 is 1.44 bits per heavy atom. The molecule has 0 aromatic heterocycles. The fourth-order valence-electron chi connectivity index (χ4n) is 1.70. The third-order valence-corrected chi connectivity index (χ3v) is 2.77. The normalized spacial score (nSPS) is 15.6. The summed E-state index contributed by atoms with van der Waals surface area (Å²) >= 11 is 0. The van der Waals surface area contributed by atoms with Gasteiger partial charge in [0, 0.05) is 19.0 Å². The lowest BCUT2D eigenvalue weighted by atomic mass is 9.92. The second kappa shape index (κ2) is 5.12. The van der Waals surface area contributed by atoms with Crippen molar-refractivity contribution in [1.29, 1.82) is 0 Å². The van der Waals surface area contributed by atoms with Crippen LogP contribution in [0.2, 0.25) is 0 Å². The second-order valence-electron chi connectivity index (χ2n) is 4.06. The van der Waals surface area contributed by atoms with E-state index >= 15 is 0 Å². The van der Waals surface area contributed by atoms with Crippen molar-refractivity contribution in [3.8, 4) is 5.75 Å². The molecule has 0 radical (unpaired) electrons. The van der Waals surface area contributed by atoms with Gasteiger partial charge in [0.05, 0.1) is 12.2 Å². The summed E-state index contributed by atoms with van der Waals surface area (Å²) in [4.78, 5) is 12.1. The Kier molecular flexibility index (Phi) is 3.57. The molecule has 1 saturated heterocycles. The van der Waals surface area contributed by atoms with E-state index in [-0.39, 0.29) is 11.7 Å². The maximum Gasteiger partial charge on any atom is 0.172 e. The largest absolute Gasteiger partial charge is 0.493 e. The Morgan fingerprint density at radius 3 is 2.81 bits per heavy atom. The van der Waals surface area contributed by atoms with Gasteiger partial charge < -0.3 is 10.1 Å². The third kappa shape index (κ3) is 2.25. The van der Waals surface area contributed by atoms with E-state index in [1.54, 1.807) is 0 Å². The Labute approximate surface area is 95.8 Å². The van der Waals surface area contributed by atoms with Gasteiger partial charge in [-0.1, -0.05) is 19.1 Å². The van der Waals surface area contributed by atoms with Crippen molar-refractivity contribution in [3.63, 3.8) is 0 Å². The number of nitrogens with one attached hydrogen (secondary N) is 1. The van der Waals surface area contributed by atoms with E-state index in [0.717, 1.165) is 30.8 Å². The minimum Gasteiger partial charge on any atom is -0.493 e. The van der Waals surface area contributed by atoms with Crippen molar-refractivity contribution < 1.29 is 9.53 Å². The number of para-hydroxylation sites is 1. The van der Waals surface area contributed by atoms with Crippen LogP contribution in [0.5, 0.6) is 5.75 Å². The van der Waals surface area contributed by atoms with Crippen molar-refractivity contribution in [2.24, 2.45) is 5.92 Å². The Bertz CT molecular complexity index is 372. The van der Waals surface area contributed by atoms with E-state index in [4.69, 9.17) is 4.74 Å². The quantitative estimate of drug-likeness (QED) is 0.768. The Hall–Kier alpha value is -1.35. The van der Waals surface area contributed by atoms with Crippen LogP contribution in [-0.4, -0.2) is 25.5 Å². The van der Waals surface area contributed by atoms with E-state index in [1.807, 2.05) is 24.3 Å². The summed E-state index contributed by atoms with van der Waals surface area (Å²) in [7, 11) is 0. The summed E-state index contributed by atoms with van der Waals surface area (Å²) < 4.78 is 5.58. The molecule has 1 aromatic carbocycles. The van der Waals surface area contributed by atoms with Crippen LogP contribution in [0, 0.1) is 5.92 Å². The lowest BCUT2D eigenvalue weighted by Crippen LogP contribution is -2.46. The SMILES string of the molecule is CCCOc1ccccc1C(=O)C1CNC1. The van der Waals surface area contributed by atoms with Crippen molar-refractivity contribution in [2.75, 3.05) is 19.7 Å². The monoisotopic (exact) mass is 219 g/mol. The molecule has 0 bridgehead atoms. The molecule has 0 atom stereocenters. The summed E-state index contributed by atoms with van der Waals surface area (Å²) in [5, 5.41) is 3.11. The van der Waals surface area contributed by atoms with Gasteiger partial charge in [-0.05, 0) is 18.6 Å². The summed E-state index contributed by atoms with van der Waals surface area (Å²) in [6.07, 6.45) is 0.952. The molecule has 3 heteroatoms. The molecule has 1 heterocycles. The molecule has 3 nitrogen and oxygen atoms in total. The molecule has 1 aromatic rings. The van der Waals surface area contributed by atoms with Crippen molar-refractivity contribution >= 4 is 5.78 Å². The highest BCUT2D eigenvalue weighted by atomic mass is 16.5. The van der Waals surface area contributed by atoms with Gasteiger partial charge >= 0.3 is 0 Å². The zero-order valence-corrected chi connectivity index (χ0v) is 9.53. The average Bonchev–Trinajstić information content (AvgIpc) is 2.24. The number of ether oxygens (including phenoxy) is 1. The molecule has 2 rings (SSSR count). The molecule has 16 heavy (non-hydrogen) atoms. The first kappa shape index (κ1) is 11.1. The predicted octanol–water partition coefficient (Wildman–Crippen LogP) is 1.88. The van der Waals surface area contributed by atoms with Crippen molar-refractivity contribution in [2.45, 2.75) is 13.3 Å². The van der Waals surface area contributed by atoms with Gasteiger partial charge in [0.1, 0.15) is 5.75 Å². The van der Waals surface area contributed by atoms with Crippen LogP contribution in [0.15, 0.2) is 24.3 Å². The Morgan fingerprint density at radius 2 is 2.19 bits per heavy atom. The van der Waals surface area contributed by atoms with Gasteiger partial charge in [0.25, 0.3) is 0 Å². The van der Waals surface area contributed by atoms with Crippen LogP contribution >= 0.6 is 0 Å². The second-order valence-corrected chi connectivity index (χ2v) is 4.06. The molecule has 1 aliphatic heterocycles. The zero-order valence-electron chi connectivity index (χ0n) is 9.53. The fourth-order valence-corrected chi connectivity index (χ4v) is 1.70. The molecule has 0 saturated carbocycles. The van der Waals surface area contributed by atoms with E-state index in [2.05, 4.69) is 12.2 Å². The van der Waals surface area contributed by atoms with Crippen molar-refractivity contribution in [3.05, 3.63) is 29.8 Å². The van der Waals surface area contributed by atoms with Gasteiger partial charge in [-0.2, -0.15) is 0 Å². The van der Waals surface area contributed by atoms with Gasteiger partial charge in [-0.3, -0.25) is 4.79 Å². The van der Waals surface area contributed by atoms with Crippen LogP contribution in [0.3, 0.4) is 0 Å². The number of hydrogen-bond acceptors (Lipinski definition) is 3. The van der Waals surface area contributed by atoms with Crippen molar-refractivity contribution in [1.82, 2.24) is 5.32 Å². The highest BCUT2D eigenvalue weighted by Gasteiger charge is 2.27. The van der Waals surface area contributed by atoms with Crippen LogP contribution < -0.4 is 10.1 Å². The summed E-state index contributed by atoms with van der Waals surface area (Å²) in [6.45, 7) is 4.30. The molecule has 1 fully saturated rings. The minimum absolute atomic E-state index is 0.131. The van der Waals surface area contributed by atoms with Crippen LogP contribution in [-0.2, 0) is 0 Å². The van der Waals surface area contributed by atoms with Crippen LogP contribution in [0.4, 0.5) is 0 Å². The maximum atomic E-state index is 12.1. The standard InChI is InChI=1S/C13H17NO2/c1-2-7-16-12-6-4-3-5-11(12)13(15)10-8-14-9-10/h3-6,10,14H,2,7-9H2,1H3. The molecule has 1 N–H and O–H groups in total. The first-order valence-corrected chi connectivity index (χ1v) is 5.79. The number of benzene rings is 1. The number of hydrogen-bond donors (Lipinski definition) is 1. The molecule has 1 aliphatic rings. The zero-order chi connectivity index (χ0) is 11.4. The smallest absolute Gasteiger partial charge is 0.172 e. The number of rotatable bonds is 5. The van der Waals surface area contributed by atoms with Crippen LogP contribution in [0.25, 0.3) is 0 Å². The van der Waals surface area contributed by atoms with Gasteiger partial charge in [-0.25, -0.2) is 0 Å². The number of ketones is 1. The van der Waals surface area contributed by atoms with Gasteiger partial charge in [0.2, 0.25) is 0 Å². The lowest BCUT2D eigenvalue weighted by Gasteiger charge is -2.26. The topological polar surface area (TPSA) is 38.3 Å². The maximum absolute atomic E-state index is 12.1. The first-order chi connectivity index (χ1) is 7.83. The first-order valence-electron chi connectivity index (χ1n) is 5.79. The average molecular weight is 219 g/mol. The number of carbonyl (C=O) groups is 1.